The normalized spacial score (nSPS) is 11.2. The van der Waals surface area contributed by atoms with Crippen LogP contribution in [0.1, 0.15) is 12.5 Å². The van der Waals surface area contributed by atoms with Crippen LogP contribution in [0, 0.1) is 12.3 Å². The Morgan fingerprint density at radius 1 is 1.23 bits per heavy atom. The minimum Gasteiger partial charge on any atom is -0.493 e. The predicted octanol–water partition coefficient (Wildman–Crippen LogP) is 3.55. The first-order valence-corrected chi connectivity index (χ1v) is 8.76. The number of benzene rings is 2. The molecule has 5 nitrogen and oxygen atoms in total. The number of amides is 1. The molecule has 1 N–H and O–H groups in total. The Bertz CT molecular complexity index is 801. The van der Waals surface area contributed by atoms with E-state index in [2.05, 4.69) is 27.2 Å². The fourth-order valence-corrected chi connectivity index (χ4v) is 2.56. The van der Waals surface area contributed by atoms with Gasteiger partial charge in [0.25, 0.3) is 5.91 Å². The van der Waals surface area contributed by atoms with Gasteiger partial charge in [0, 0.05) is 6.54 Å². The van der Waals surface area contributed by atoms with Gasteiger partial charge in [0.2, 0.25) is 0 Å². The summed E-state index contributed by atoms with van der Waals surface area (Å²) in [6, 6.07) is 12.8. The summed E-state index contributed by atoms with van der Waals surface area (Å²) in [6.07, 6.45) is 4.59. The lowest BCUT2D eigenvalue weighted by Crippen LogP contribution is -2.35. The molecule has 2 aromatic rings. The zero-order chi connectivity index (χ0) is 18.9. The van der Waals surface area contributed by atoms with Crippen LogP contribution in [0.5, 0.6) is 17.2 Å². The molecule has 2 aromatic carbocycles. The van der Waals surface area contributed by atoms with Crippen LogP contribution in [-0.4, -0.2) is 25.7 Å². The number of rotatable bonds is 8. The van der Waals surface area contributed by atoms with Gasteiger partial charge in [-0.1, -0.05) is 24.1 Å². The fraction of sp³-hybridized carbons (Fsp3) is 0.250. The number of terminal acetylenes is 1. The number of carbonyl (C=O) groups excluding carboxylic acids is 1. The molecular weight excluding hydrogens is 398 g/mol. The Labute approximate surface area is 161 Å². The molecule has 0 aliphatic rings. The molecule has 0 fully saturated rings. The van der Waals surface area contributed by atoms with E-state index in [-0.39, 0.29) is 12.5 Å². The van der Waals surface area contributed by atoms with Crippen molar-refractivity contribution in [1.29, 1.82) is 0 Å². The van der Waals surface area contributed by atoms with E-state index in [1.54, 1.807) is 32.2 Å². The van der Waals surface area contributed by atoms with E-state index in [0.717, 1.165) is 10.0 Å². The van der Waals surface area contributed by atoms with Crippen LogP contribution in [0.15, 0.2) is 46.9 Å². The van der Waals surface area contributed by atoms with E-state index in [4.69, 9.17) is 20.6 Å². The number of methoxy groups -OCH3 is 1. The molecule has 26 heavy (non-hydrogen) atoms. The highest BCUT2D eigenvalue weighted by molar-refractivity contribution is 9.10. The lowest BCUT2D eigenvalue weighted by Gasteiger charge is -2.16. The zero-order valence-electron chi connectivity index (χ0n) is 14.6. The summed E-state index contributed by atoms with van der Waals surface area (Å²) in [5, 5.41) is 2.84. The van der Waals surface area contributed by atoms with Crippen LogP contribution in [-0.2, 0) is 11.3 Å². The monoisotopic (exact) mass is 417 g/mol. The van der Waals surface area contributed by atoms with Gasteiger partial charge < -0.3 is 19.5 Å². The van der Waals surface area contributed by atoms with Crippen molar-refractivity contribution < 1.29 is 19.0 Å². The van der Waals surface area contributed by atoms with E-state index < -0.39 is 6.10 Å². The minimum atomic E-state index is -0.635. The van der Waals surface area contributed by atoms with Crippen LogP contribution >= 0.6 is 15.9 Å². The van der Waals surface area contributed by atoms with Crippen molar-refractivity contribution in [3.05, 3.63) is 52.5 Å². The summed E-state index contributed by atoms with van der Waals surface area (Å²) in [5.41, 5.74) is 0.860. The number of halogens is 1. The van der Waals surface area contributed by atoms with Gasteiger partial charge in [-0.15, -0.1) is 6.42 Å². The van der Waals surface area contributed by atoms with Crippen LogP contribution in [0.3, 0.4) is 0 Å². The molecule has 0 spiro atoms. The molecule has 136 valence electrons. The smallest absolute Gasteiger partial charge is 0.261 e. The SMILES string of the molecule is C#CCOc1cc(CNC(=O)C(C)Oc2ccccc2Br)ccc1OC. The van der Waals surface area contributed by atoms with Gasteiger partial charge >= 0.3 is 0 Å². The third-order valence-corrected chi connectivity index (χ3v) is 4.17. The summed E-state index contributed by atoms with van der Waals surface area (Å²) in [4.78, 5) is 12.3. The quantitative estimate of drug-likeness (QED) is 0.667. The van der Waals surface area contributed by atoms with Crippen LogP contribution < -0.4 is 19.5 Å². The molecule has 1 unspecified atom stereocenters. The third kappa shape index (κ3) is 5.43. The van der Waals surface area contributed by atoms with Crippen LogP contribution in [0.25, 0.3) is 0 Å². The molecule has 1 atom stereocenters. The van der Waals surface area contributed by atoms with Crippen molar-refractivity contribution in [2.45, 2.75) is 19.6 Å². The molecule has 0 radical (unpaired) electrons. The van der Waals surface area contributed by atoms with Gasteiger partial charge in [0.05, 0.1) is 11.6 Å². The molecule has 2 rings (SSSR count). The lowest BCUT2D eigenvalue weighted by molar-refractivity contribution is -0.127. The second-order valence-corrected chi connectivity index (χ2v) is 6.24. The molecular formula is C20H20BrNO4. The maximum atomic E-state index is 12.3. The van der Waals surface area contributed by atoms with Gasteiger partial charge in [-0.25, -0.2) is 0 Å². The van der Waals surface area contributed by atoms with Crippen molar-refractivity contribution in [1.82, 2.24) is 5.32 Å². The highest BCUT2D eigenvalue weighted by Gasteiger charge is 2.16. The first-order chi connectivity index (χ1) is 12.5. The Morgan fingerprint density at radius 2 is 2.00 bits per heavy atom. The molecule has 0 aliphatic carbocycles. The minimum absolute atomic E-state index is 0.142. The van der Waals surface area contributed by atoms with Crippen LogP contribution in [0.2, 0.25) is 0 Å². The number of carbonyl (C=O) groups is 1. The topological polar surface area (TPSA) is 56.8 Å². The molecule has 1 amide bonds. The average Bonchev–Trinajstić information content (AvgIpc) is 2.66. The van der Waals surface area contributed by atoms with Gasteiger partial charge in [-0.2, -0.15) is 0 Å². The molecule has 0 heterocycles. The van der Waals surface area contributed by atoms with Crippen molar-refractivity contribution >= 4 is 21.8 Å². The number of hydrogen-bond acceptors (Lipinski definition) is 4. The summed E-state index contributed by atoms with van der Waals surface area (Å²) in [5.74, 6) is 3.93. The van der Waals surface area contributed by atoms with Crippen LogP contribution in [0.4, 0.5) is 0 Å². The molecule has 6 heteroatoms. The maximum Gasteiger partial charge on any atom is 0.261 e. The molecule has 0 aliphatic heterocycles. The zero-order valence-corrected chi connectivity index (χ0v) is 16.2. The second kappa shape index (κ2) is 9.73. The third-order valence-electron chi connectivity index (χ3n) is 3.52. The van der Waals surface area contributed by atoms with E-state index >= 15 is 0 Å². The van der Waals surface area contributed by atoms with Gasteiger partial charge in [-0.05, 0) is 52.7 Å². The highest BCUT2D eigenvalue weighted by atomic mass is 79.9. The molecule has 0 saturated heterocycles. The first-order valence-electron chi connectivity index (χ1n) is 7.97. The Morgan fingerprint density at radius 3 is 2.69 bits per heavy atom. The number of nitrogens with one attached hydrogen (secondary N) is 1. The first kappa shape index (κ1) is 19.7. The summed E-state index contributed by atoms with van der Waals surface area (Å²) < 4.78 is 17.2. The predicted molar refractivity (Wildman–Crippen MR) is 103 cm³/mol. The average molecular weight is 418 g/mol. The fourth-order valence-electron chi connectivity index (χ4n) is 2.18. The van der Waals surface area contributed by atoms with Crippen molar-refractivity contribution in [3.63, 3.8) is 0 Å². The molecule has 0 bridgehead atoms. The van der Waals surface area contributed by atoms with Crippen molar-refractivity contribution in [2.24, 2.45) is 0 Å². The van der Waals surface area contributed by atoms with Crippen molar-refractivity contribution in [2.75, 3.05) is 13.7 Å². The maximum absolute atomic E-state index is 12.3. The number of para-hydroxylation sites is 1. The lowest BCUT2D eigenvalue weighted by atomic mass is 10.2. The highest BCUT2D eigenvalue weighted by Crippen LogP contribution is 2.28. The Hall–Kier alpha value is -2.65. The Balaban J connectivity index is 1.96. The Kier molecular flexibility index (Phi) is 7.37. The molecule has 0 aromatic heterocycles. The van der Waals surface area contributed by atoms with E-state index in [9.17, 15) is 4.79 Å². The standard InChI is InChI=1S/C20H20BrNO4/c1-4-11-25-19-12-15(9-10-18(19)24-3)13-22-20(23)14(2)26-17-8-6-5-7-16(17)21/h1,5-10,12,14H,11,13H2,2-3H3,(H,22,23). The van der Waals surface area contributed by atoms with E-state index in [0.29, 0.717) is 23.8 Å². The number of ether oxygens (including phenoxy) is 3. The van der Waals surface area contributed by atoms with Gasteiger partial charge in [-0.3, -0.25) is 4.79 Å². The summed E-state index contributed by atoms with van der Waals surface area (Å²) >= 11 is 3.40. The van der Waals surface area contributed by atoms with Gasteiger partial charge in [0.1, 0.15) is 12.4 Å². The van der Waals surface area contributed by atoms with Crippen molar-refractivity contribution in [3.8, 4) is 29.6 Å². The van der Waals surface area contributed by atoms with Gasteiger partial charge in [0.15, 0.2) is 17.6 Å². The van der Waals surface area contributed by atoms with E-state index in [1.165, 1.54) is 0 Å². The van der Waals surface area contributed by atoms with E-state index in [1.807, 2.05) is 24.3 Å². The molecule has 0 saturated carbocycles. The second-order valence-electron chi connectivity index (χ2n) is 5.39. The number of hydrogen-bond donors (Lipinski definition) is 1. The summed E-state index contributed by atoms with van der Waals surface area (Å²) in [6.45, 7) is 2.17. The summed E-state index contributed by atoms with van der Waals surface area (Å²) in [7, 11) is 1.56. The largest absolute Gasteiger partial charge is 0.493 e.